The predicted molar refractivity (Wildman–Crippen MR) is 132 cm³/mol. The van der Waals surface area contributed by atoms with Gasteiger partial charge in [0.1, 0.15) is 5.69 Å². The van der Waals surface area contributed by atoms with Gasteiger partial charge < -0.3 is 8.85 Å². The summed E-state index contributed by atoms with van der Waals surface area (Å²) in [4.78, 5) is 4.60. The number of aromatic nitrogens is 2. The molecule has 3 rings (SSSR count). The number of nitrogens with zero attached hydrogens (tertiary/aromatic N) is 2. The van der Waals surface area contributed by atoms with Gasteiger partial charge in [0.25, 0.3) is 6.23 Å². The molecule has 0 radical (unpaired) electrons. The van der Waals surface area contributed by atoms with Crippen molar-refractivity contribution in [2.75, 3.05) is 0 Å². The Kier molecular flexibility index (Phi) is 7.59. The standard InChI is InChI=1S/C25H35N2O2Si2/c1-30(2,3)28-24(21-14-8-7-9-15-21)20-25(29-31(4,5)6)27-19-13-11-17-23(27)22-16-10-12-18-26-22/h7-19,24-25H,20H2,1-6H3/q+1. The molecule has 1 aromatic carbocycles. The first-order valence-electron chi connectivity index (χ1n) is 10.9. The highest BCUT2D eigenvalue weighted by Crippen LogP contribution is 2.31. The van der Waals surface area contributed by atoms with Crippen LogP contribution in [0.4, 0.5) is 0 Å². The van der Waals surface area contributed by atoms with Crippen molar-refractivity contribution in [2.45, 2.75) is 58.0 Å². The van der Waals surface area contributed by atoms with Gasteiger partial charge in [-0.25, -0.2) is 4.98 Å². The Bertz CT molecular complexity index is 955. The Morgan fingerprint density at radius 3 is 2.03 bits per heavy atom. The molecule has 4 nitrogen and oxygen atoms in total. The van der Waals surface area contributed by atoms with E-state index in [4.69, 9.17) is 8.85 Å². The summed E-state index contributed by atoms with van der Waals surface area (Å²) >= 11 is 0. The van der Waals surface area contributed by atoms with Gasteiger partial charge in [-0.2, -0.15) is 4.57 Å². The van der Waals surface area contributed by atoms with Crippen LogP contribution in [0.2, 0.25) is 39.3 Å². The second-order valence-electron chi connectivity index (χ2n) is 9.76. The molecule has 0 aliphatic carbocycles. The summed E-state index contributed by atoms with van der Waals surface area (Å²) in [5, 5.41) is 0. The highest BCUT2D eigenvalue weighted by molar-refractivity contribution is 6.70. The summed E-state index contributed by atoms with van der Waals surface area (Å²) in [5.41, 5.74) is 3.19. The van der Waals surface area contributed by atoms with Gasteiger partial charge >= 0.3 is 0 Å². The summed E-state index contributed by atoms with van der Waals surface area (Å²) < 4.78 is 15.7. The zero-order valence-electron chi connectivity index (χ0n) is 19.6. The molecule has 0 spiro atoms. The van der Waals surface area contributed by atoms with Gasteiger partial charge in [-0.3, -0.25) is 0 Å². The molecule has 2 atom stereocenters. The molecule has 2 heterocycles. The summed E-state index contributed by atoms with van der Waals surface area (Å²) in [6, 6.07) is 22.8. The van der Waals surface area contributed by atoms with Crippen molar-refractivity contribution < 1.29 is 13.4 Å². The van der Waals surface area contributed by atoms with E-state index in [0.29, 0.717) is 0 Å². The monoisotopic (exact) mass is 451 g/mol. The van der Waals surface area contributed by atoms with Crippen LogP contribution in [-0.2, 0) is 8.85 Å². The Labute approximate surface area is 189 Å². The summed E-state index contributed by atoms with van der Waals surface area (Å²) in [6.07, 6.45) is 4.51. The quantitative estimate of drug-likeness (QED) is 0.280. The Morgan fingerprint density at radius 2 is 1.42 bits per heavy atom. The van der Waals surface area contributed by atoms with Crippen LogP contribution < -0.4 is 4.57 Å². The zero-order valence-corrected chi connectivity index (χ0v) is 21.6. The lowest BCUT2D eigenvalue weighted by Gasteiger charge is -2.30. The molecule has 0 fully saturated rings. The minimum Gasteiger partial charge on any atom is -0.410 e. The molecule has 0 saturated carbocycles. The van der Waals surface area contributed by atoms with Crippen molar-refractivity contribution in [2.24, 2.45) is 0 Å². The van der Waals surface area contributed by atoms with Crippen LogP contribution in [0.1, 0.15) is 24.3 Å². The maximum absolute atomic E-state index is 6.76. The molecule has 0 N–H and O–H groups in total. The lowest BCUT2D eigenvalue weighted by molar-refractivity contribution is -0.747. The summed E-state index contributed by atoms with van der Waals surface area (Å²) in [6.45, 7) is 13.4. The van der Waals surface area contributed by atoms with Gasteiger partial charge in [0.2, 0.25) is 5.69 Å². The van der Waals surface area contributed by atoms with Gasteiger partial charge in [0.15, 0.2) is 22.8 Å². The minimum absolute atomic E-state index is 0.0292. The topological polar surface area (TPSA) is 35.2 Å². The smallest absolute Gasteiger partial charge is 0.256 e. The molecule has 0 aliphatic heterocycles. The van der Waals surface area contributed by atoms with Crippen LogP contribution in [0.25, 0.3) is 11.4 Å². The Morgan fingerprint density at radius 1 is 0.774 bits per heavy atom. The van der Waals surface area contributed by atoms with E-state index in [2.05, 4.69) is 104 Å². The molecular weight excluding hydrogens is 416 g/mol. The normalized spacial score (nSPS) is 14.3. The third-order valence-electron chi connectivity index (χ3n) is 4.70. The molecule has 2 aromatic heterocycles. The number of hydrogen-bond donors (Lipinski definition) is 0. The maximum atomic E-state index is 6.76. The fraction of sp³-hybridized carbons (Fsp3) is 0.360. The van der Waals surface area contributed by atoms with Gasteiger partial charge in [0, 0.05) is 18.3 Å². The first-order chi connectivity index (χ1) is 14.6. The van der Waals surface area contributed by atoms with E-state index in [1.54, 1.807) is 0 Å². The second-order valence-corrected chi connectivity index (χ2v) is 18.7. The summed E-state index contributed by atoms with van der Waals surface area (Å²) in [5.74, 6) is 0. The maximum Gasteiger partial charge on any atom is 0.256 e. The molecule has 0 bridgehead atoms. The highest BCUT2D eigenvalue weighted by Gasteiger charge is 2.35. The molecule has 6 heteroatoms. The first-order valence-corrected chi connectivity index (χ1v) is 17.8. The van der Waals surface area contributed by atoms with Crippen LogP contribution in [0.3, 0.4) is 0 Å². The average Bonchev–Trinajstić information content (AvgIpc) is 2.72. The molecule has 3 aromatic rings. The highest BCUT2D eigenvalue weighted by atomic mass is 28.4. The van der Waals surface area contributed by atoms with E-state index in [1.165, 1.54) is 5.56 Å². The molecule has 0 saturated heterocycles. The average molecular weight is 452 g/mol. The van der Waals surface area contributed by atoms with E-state index < -0.39 is 16.6 Å². The predicted octanol–water partition coefficient (Wildman–Crippen LogP) is 6.37. The van der Waals surface area contributed by atoms with E-state index in [0.717, 1.165) is 17.8 Å². The van der Waals surface area contributed by atoms with Crippen molar-refractivity contribution in [1.29, 1.82) is 0 Å². The number of rotatable bonds is 9. The second kappa shape index (κ2) is 10.00. The molecule has 2 unspecified atom stereocenters. The van der Waals surface area contributed by atoms with E-state index in [9.17, 15) is 0 Å². The number of pyridine rings is 2. The van der Waals surface area contributed by atoms with Crippen LogP contribution in [-0.4, -0.2) is 21.6 Å². The number of benzene rings is 1. The van der Waals surface area contributed by atoms with Crippen LogP contribution in [0, 0.1) is 0 Å². The molecule has 164 valence electrons. The molecule has 31 heavy (non-hydrogen) atoms. The lowest BCUT2D eigenvalue weighted by Crippen LogP contribution is -2.48. The Hall–Kier alpha value is -2.13. The molecular formula is C25H35N2O2Si2+. The number of hydrogen-bond acceptors (Lipinski definition) is 3. The first kappa shape index (κ1) is 23.5. The summed E-state index contributed by atoms with van der Waals surface area (Å²) in [7, 11) is -3.61. The van der Waals surface area contributed by atoms with Crippen LogP contribution >= 0.6 is 0 Å². The largest absolute Gasteiger partial charge is 0.410 e. The van der Waals surface area contributed by atoms with Crippen molar-refractivity contribution in [3.63, 3.8) is 0 Å². The lowest BCUT2D eigenvalue weighted by atomic mass is 10.1. The SMILES string of the molecule is C[Si](C)(C)OC(CC(O[Si](C)(C)C)[n+]1ccccc1-c1ccccn1)c1ccccc1. The molecule has 0 aliphatic rings. The third kappa shape index (κ3) is 7.21. The van der Waals surface area contributed by atoms with E-state index in [-0.39, 0.29) is 12.3 Å². The van der Waals surface area contributed by atoms with Gasteiger partial charge in [0.05, 0.1) is 12.5 Å². The van der Waals surface area contributed by atoms with Gasteiger partial charge in [-0.05, 0) is 63.0 Å². The third-order valence-corrected chi connectivity index (χ3v) is 6.67. The van der Waals surface area contributed by atoms with Crippen molar-refractivity contribution in [1.82, 2.24) is 4.98 Å². The van der Waals surface area contributed by atoms with Crippen molar-refractivity contribution in [3.8, 4) is 11.4 Å². The Balaban J connectivity index is 2.03. The van der Waals surface area contributed by atoms with Crippen LogP contribution in [0.5, 0.6) is 0 Å². The van der Waals surface area contributed by atoms with Gasteiger partial charge in [-0.1, -0.05) is 36.4 Å². The van der Waals surface area contributed by atoms with E-state index in [1.807, 2.05) is 24.4 Å². The minimum atomic E-state index is -1.84. The van der Waals surface area contributed by atoms with Crippen molar-refractivity contribution >= 4 is 16.6 Å². The van der Waals surface area contributed by atoms with Crippen molar-refractivity contribution in [3.05, 3.63) is 84.7 Å². The van der Waals surface area contributed by atoms with E-state index >= 15 is 0 Å². The molecule has 0 amide bonds. The van der Waals surface area contributed by atoms with Crippen LogP contribution in [0.15, 0.2) is 79.1 Å². The fourth-order valence-corrected chi connectivity index (χ4v) is 5.71. The van der Waals surface area contributed by atoms with Gasteiger partial charge in [-0.15, -0.1) is 0 Å². The fourth-order valence-electron chi connectivity index (χ4n) is 3.59. The zero-order chi connectivity index (χ0) is 22.5.